The van der Waals surface area contributed by atoms with Crippen LogP contribution in [-0.4, -0.2) is 40.5 Å². The van der Waals surface area contributed by atoms with E-state index in [1.807, 2.05) is 30.3 Å². The number of hydrogen-bond donors (Lipinski definition) is 3. The van der Waals surface area contributed by atoms with Crippen molar-refractivity contribution in [3.63, 3.8) is 0 Å². The van der Waals surface area contributed by atoms with Crippen LogP contribution in [0.2, 0.25) is 0 Å². The van der Waals surface area contributed by atoms with E-state index in [-0.39, 0.29) is 11.7 Å². The summed E-state index contributed by atoms with van der Waals surface area (Å²) in [4.78, 5) is 2.26. The van der Waals surface area contributed by atoms with Crippen molar-refractivity contribution in [2.45, 2.75) is 24.3 Å². The summed E-state index contributed by atoms with van der Waals surface area (Å²) >= 11 is 5.48. The number of methoxy groups -OCH3 is 1. The summed E-state index contributed by atoms with van der Waals surface area (Å²) in [5.74, 6) is 1.86. The first-order chi connectivity index (χ1) is 17.9. The van der Waals surface area contributed by atoms with E-state index in [0.717, 1.165) is 37.2 Å². The van der Waals surface area contributed by atoms with E-state index in [2.05, 4.69) is 20.3 Å². The molecule has 5 rings (SSSR count). The molecule has 0 atom stereocenters. The van der Waals surface area contributed by atoms with Crippen molar-refractivity contribution in [3.05, 3.63) is 66.2 Å². The number of nitrogens with one attached hydrogen (secondary N) is 3. The molecule has 2 aliphatic rings. The second-order valence-electron chi connectivity index (χ2n) is 8.68. The van der Waals surface area contributed by atoms with Gasteiger partial charge < -0.3 is 29.7 Å². The molecule has 3 aromatic carbocycles. The Hall–Kier alpha value is -3.70. The van der Waals surface area contributed by atoms with Crippen molar-refractivity contribution in [1.82, 2.24) is 5.32 Å². The van der Waals surface area contributed by atoms with Gasteiger partial charge >= 0.3 is 0 Å². The highest BCUT2D eigenvalue weighted by Crippen LogP contribution is 2.34. The first kappa shape index (κ1) is 25.0. The topological polar surface area (TPSA) is 101 Å². The molecule has 37 heavy (non-hydrogen) atoms. The van der Waals surface area contributed by atoms with Gasteiger partial charge in [0, 0.05) is 25.3 Å². The number of sulfonamides is 1. The van der Waals surface area contributed by atoms with Crippen molar-refractivity contribution < 1.29 is 22.6 Å². The number of thiocarbonyl (C=S) groups is 1. The van der Waals surface area contributed by atoms with Gasteiger partial charge in [-0.25, -0.2) is 8.42 Å². The molecule has 2 heterocycles. The zero-order chi connectivity index (χ0) is 25.8. The second-order valence-corrected chi connectivity index (χ2v) is 10.7. The zero-order valence-corrected chi connectivity index (χ0v) is 22.0. The molecule has 2 aliphatic heterocycles. The Morgan fingerprint density at radius 1 is 1.03 bits per heavy atom. The van der Waals surface area contributed by atoms with E-state index >= 15 is 0 Å². The molecule has 1 saturated heterocycles. The van der Waals surface area contributed by atoms with Crippen LogP contribution in [0.25, 0.3) is 0 Å². The van der Waals surface area contributed by atoms with Gasteiger partial charge in [0.25, 0.3) is 10.0 Å². The quantitative estimate of drug-likeness (QED) is 0.361. The van der Waals surface area contributed by atoms with Gasteiger partial charge in [-0.3, -0.25) is 4.72 Å². The van der Waals surface area contributed by atoms with Gasteiger partial charge in [-0.1, -0.05) is 18.2 Å². The summed E-state index contributed by atoms with van der Waals surface area (Å²) in [6, 6.07) is 17.9. The van der Waals surface area contributed by atoms with Gasteiger partial charge in [0.1, 0.15) is 10.6 Å². The molecule has 9 nitrogen and oxygen atoms in total. The van der Waals surface area contributed by atoms with Crippen molar-refractivity contribution in [2.24, 2.45) is 0 Å². The van der Waals surface area contributed by atoms with Crippen LogP contribution in [0.1, 0.15) is 18.4 Å². The summed E-state index contributed by atoms with van der Waals surface area (Å²) in [5.41, 5.74) is 2.56. The Balaban J connectivity index is 1.35. The number of benzene rings is 3. The molecular weight excluding hydrogens is 512 g/mol. The average Bonchev–Trinajstić information content (AvgIpc) is 3.60. The summed E-state index contributed by atoms with van der Waals surface area (Å²) in [6.45, 7) is 2.30. The molecule has 0 unspecified atom stereocenters. The molecular formula is C26H28N4O5S2. The fraction of sp³-hybridized carbons (Fsp3) is 0.269. The van der Waals surface area contributed by atoms with Crippen LogP contribution in [0.5, 0.6) is 17.2 Å². The highest BCUT2D eigenvalue weighted by atomic mass is 32.2. The predicted molar refractivity (Wildman–Crippen MR) is 147 cm³/mol. The van der Waals surface area contributed by atoms with Gasteiger partial charge in [0.2, 0.25) is 6.79 Å². The highest BCUT2D eigenvalue weighted by Gasteiger charge is 2.25. The summed E-state index contributed by atoms with van der Waals surface area (Å²) in [6.07, 6.45) is 2.04. The molecule has 3 aromatic rings. The van der Waals surface area contributed by atoms with E-state index in [9.17, 15) is 8.42 Å². The number of nitrogens with zero attached hydrogens (tertiary/aromatic N) is 1. The Labute approximate surface area is 221 Å². The Bertz CT molecular complexity index is 1410. The molecule has 194 valence electrons. The van der Waals surface area contributed by atoms with Crippen molar-refractivity contribution in [2.75, 3.05) is 41.9 Å². The minimum absolute atomic E-state index is 0.170. The summed E-state index contributed by atoms with van der Waals surface area (Å²) in [7, 11) is -2.43. The lowest BCUT2D eigenvalue weighted by molar-refractivity contribution is 0.174. The molecule has 0 radical (unpaired) electrons. The standard InChI is InChI=1S/C26H28N4O5S2/c1-33-22-7-3-2-6-20(22)29-37(31,32)25-15-19(9-10-21(25)30-12-4-5-13-30)28-26(36)27-16-18-8-11-23-24(14-18)35-17-34-23/h2-3,6-11,14-15,29H,4-5,12-13,16-17H2,1H3,(H2,27,28,36). The lowest BCUT2D eigenvalue weighted by Crippen LogP contribution is -2.28. The van der Waals surface area contributed by atoms with E-state index in [0.29, 0.717) is 40.2 Å². The van der Waals surface area contributed by atoms with Crippen molar-refractivity contribution in [3.8, 4) is 17.2 Å². The maximum absolute atomic E-state index is 13.6. The van der Waals surface area contributed by atoms with Crippen LogP contribution in [0.15, 0.2) is 65.6 Å². The van der Waals surface area contributed by atoms with Crippen LogP contribution < -0.4 is 34.5 Å². The minimum atomic E-state index is -3.93. The first-order valence-electron chi connectivity index (χ1n) is 11.9. The first-order valence-corrected chi connectivity index (χ1v) is 13.8. The van der Waals surface area contributed by atoms with E-state index < -0.39 is 10.0 Å². The predicted octanol–water partition coefficient (Wildman–Crippen LogP) is 4.31. The maximum atomic E-state index is 13.6. The number of rotatable bonds is 8. The third kappa shape index (κ3) is 5.67. The largest absolute Gasteiger partial charge is 0.495 e. The number of anilines is 3. The molecule has 3 N–H and O–H groups in total. The highest BCUT2D eigenvalue weighted by molar-refractivity contribution is 7.93. The van der Waals surface area contributed by atoms with Crippen molar-refractivity contribution >= 4 is 44.4 Å². The molecule has 0 amide bonds. The molecule has 0 aliphatic carbocycles. The number of hydrogen-bond acceptors (Lipinski definition) is 7. The van der Waals surface area contributed by atoms with Crippen LogP contribution in [0.3, 0.4) is 0 Å². The van der Waals surface area contributed by atoms with Crippen molar-refractivity contribution in [1.29, 1.82) is 0 Å². The third-order valence-electron chi connectivity index (χ3n) is 6.20. The maximum Gasteiger partial charge on any atom is 0.264 e. The number of fused-ring (bicyclic) bond motifs is 1. The van der Waals surface area contributed by atoms with Gasteiger partial charge in [-0.2, -0.15) is 0 Å². The van der Waals surface area contributed by atoms with Gasteiger partial charge in [-0.15, -0.1) is 0 Å². The normalized spacial score (nSPS) is 14.4. The lowest BCUT2D eigenvalue weighted by atomic mass is 10.2. The summed E-state index contributed by atoms with van der Waals surface area (Å²) in [5, 5.41) is 6.63. The lowest BCUT2D eigenvalue weighted by Gasteiger charge is -2.23. The van der Waals surface area contributed by atoms with Crippen LogP contribution >= 0.6 is 12.2 Å². The molecule has 0 spiro atoms. The fourth-order valence-corrected chi connectivity index (χ4v) is 5.88. The van der Waals surface area contributed by atoms with E-state index in [4.69, 9.17) is 26.4 Å². The Morgan fingerprint density at radius 3 is 2.62 bits per heavy atom. The molecule has 0 bridgehead atoms. The van der Waals surface area contributed by atoms with E-state index in [1.165, 1.54) is 7.11 Å². The number of ether oxygens (including phenoxy) is 3. The second kappa shape index (κ2) is 10.7. The van der Waals surface area contributed by atoms with Crippen LogP contribution in [-0.2, 0) is 16.6 Å². The average molecular weight is 541 g/mol. The molecule has 11 heteroatoms. The summed E-state index contributed by atoms with van der Waals surface area (Å²) < 4.78 is 46.0. The van der Waals surface area contributed by atoms with Gasteiger partial charge in [0.05, 0.1) is 18.5 Å². The third-order valence-corrected chi connectivity index (χ3v) is 7.84. The van der Waals surface area contributed by atoms with Gasteiger partial charge in [-0.05, 0) is 73.1 Å². The zero-order valence-electron chi connectivity index (χ0n) is 20.3. The Kier molecular flexibility index (Phi) is 7.24. The molecule has 0 aromatic heterocycles. The van der Waals surface area contributed by atoms with E-state index in [1.54, 1.807) is 30.3 Å². The van der Waals surface area contributed by atoms with Crippen LogP contribution in [0.4, 0.5) is 17.1 Å². The van der Waals surface area contributed by atoms with Gasteiger partial charge in [0.15, 0.2) is 16.6 Å². The minimum Gasteiger partial charge on any atom is -0.495 e. The molecule has 1 fully saturated rings. The monoisotopic (exact) mass is 540 g/mol. The smallest absolute Gasteiger partial charge is 0.264 e. The number of para-hydroxylation sites is 2. The van der Waals surface area contributed by atoms with Crippen LogP contribution in [0, 0.1) is 0 Å². The molecule has 0 saturated carbocycles. The Morgan fingerprint density at radius 2 is 1.81 bits per heavy atom. The fourth-order valence-electron chi connectivity index (χ4n) is 4.36. The SMILES string of the molecule is COc1ccccc1NS(=O)(=O)c1cc(NC(=S)NCc2ccc3c(c2)OCO3)ccc1N1CCCC1.